The summed E-state index contributed by atoms with van der Waals surface area (Å²) in [7, 11) is -4.50. The predicted molar refractivity (Wildman–Crippen MR) is 131 cm³/mol. The molecule has 0 fully saturated rings. The van der Waals surface area contributed by atoms with Crippen LogP contribution in [0.3, 0.4) is 0 Å². The van der Waals surface area contributed by atoms with Crippen LogP contribution in [0.4, 0.5) is 0 Å². The van der Waals surface area contributed by atoms with E-state index >= 15 is 0 Å². The van der Waals surface area contributed by atoms with Crippen LogP contribution in [0.25, 0.3) is 0 Å². The van der Waals surface area contributed by atoms with Crippen molar-refractivity contribution in [2.75, 3.05) is 26.4 Å². The summed E-state index contributed by atoms with van der Waals surface area (Å²) in [6.07, 6.45) is 17.4. The summed E-state index contributed by atoms with van der Waals surface area (Å²) in [5, 5.41) is 27.1. The first-order valence-electron chi connectivity index (χ1n) is 12.7. The minimum Gasteiger partial charge on any atom is -0.457 e. The van der Waals surface area contributed by atoms with Gasteiger partial charge in [-0.15, -0.1) is 0 Å². The predicted octanol–water partition coefficient (Wildman–Crippen LogP) is 4.41. The molecule has 2 unspecified atom stereocenters. The van der Waals surface area contributed by atoms with Crippen molar-refractivity contribution in [1.82, 2.24) is 0 Å². The Balaban J connectivity index is 3.72. The molecule has 0 radical (unpaired) electrons. The second-order valence-corrected chi connectivity index (χ2v) is 9.98. The van der Waals surface area contributed by atoms with Crippen LogP contribution in [-0.2, 0) is 23.1 Å². The van der Waals surface area contributed by atoms with Gasteiger partial charge in [-0.1, -0.05) is 70.4 Å². The van der Waals surface area contributed by atoms with Crippen LogP contribution in [0, 0.1) is 0 Å². The number of phosphoric acid groups is 1. The van der Waals surface area contributed by atoms with E-state index in [2.05, 4.69) is 28.1 Å². The molecule has 0 spiro atoms. The van der Waals surface area contributed by atoms with Gasteiger partial charge in [0.05, 0.1) is 26.4 Å². The van der Waals surface area contributed by atoms with Gasteiger partial charge in [-0.05, 0) is 32.1 Å². The average molecular weight is 511 g/mol. The van der Waals surface area contributed by atoms with E-state index < -0.39 is 52.4 Å². The van der Waals surface area contributed by atoms with E-state index in [0.29, 0.717) is 6.42 Å². The third kappa shape index (κ3) is 21.7. The Bertz CT molecular complexity index is 557. The molecule has 0 aliphatic carbocycles. The fourth-order valence-electron chi connectivity index (χ4n) is 3.16. The van der Waals surface area contributed by atoms with E-state index in [0.717, 1.165) is 32.1 Å². The Hall–Kier alpha value is -0.800. The molecule has 9 nitrogen and oxygen atoms in total. The van der Waals surface area contributed by atoms with E-state index in [-0.39, 0.29) is 6.42 Å². The van der Waals surface area contributed by atoms with E-state index in [1.165, 1.54) is 44.9 Å². The molecule has 0 aromatic heterocycles. The lowest BCUT2D eigenvalue weighted by molar-refractivity contribution is -0.153. The number of hydrogen-bond donors (Lipinski definition) is 4. The van der Waals surface area contributed by atoms with Crippen LogP contribution < -0.4 is 0 Å². The topological polar surface area (TPSA) is 143 Å². The third-order valence-corrected chi connectivity index (χ3v) is 6.16. The first-order chi connectivity index (χ1) is 16.3. The number of unbranched alkanes of at least 4 members (excludes halogenated alkanes) is 11. The Morgan fingerprint density at radius 2 is 1.35 bits per heavy atom. The highest BCUT2D eigenvalue weighted by atomic mass is 31.2. The third-order valence-electron chi connectivity index (χ3n) is 5.21. The second kappa shape index (κ2) is 22.7. The Kier molecular flexibility index (Phi) is 22.1. The molecular weight excluding hydrogens is 463 g/mol. The first-order valence-corrected chi connectivity index (χ1v) is 14.2. The van der Waals surface area contributed by atoms with Crippen LogP contribution >= 0.6 is 7.82 Å². The number of phosphoric ester groups is 1. The first kappa shape index (κ1) is 33.2. The monoisotopic (exact) mass is 510 g/mol. The number of carbonyl (C=O) groups is 1. The van der Waals surface area contributed by atoms with Crippen molar-refractivity contribution in [2.24, 2.45) is 0 Å². The molecule has 0 bridgehead atoms. The van der Waals surface area contributed by atoms with Crippen LogP contribution in [0.1, 0.15) is 96.8 Å². The lowest BCUT2D eigenvalue weighted by Gasteiger charge is -2.18. The zero-order chi connectivity index (χ0) is 25.5. The quantitative estimate of drug-likeness (QED) is 0.0642. The highest BCUT2D eigenvalue weighted by Crippen LogP contribution is 2.43. The summed E-state index contributed by atoms with van der Waals surface area (Å²) in [4.78, 5) is 21.4. The molecule has 0 aliphatic heterocycles. The van der Waals surface area contributed by atoms with E-state index in [1.807, 2.05) is 0 Å². The van der Waals surface area contributed by atoms with Crippen molar-refractivity contribution in [3.63, 3.8) is 0 Å². The summed E-state index contributed by atoms with van der Waals surface area (Å²) < 4.78 is 25.9. The van der Waals surface area contributed by atoms with Gasteiger partial charge in [0, 0.05) is 6.42 Å². The highest BCUT2D eigenvalue weighted by molar-refractivity contribution is 7.47. The Labute approximate surface area is 205 Å². The number of aliphatic hydroxyl groups is 3. The molecule has 0 aromatic carbocycles. The van der Waals surface area contributed by atoms with E-state index in [4.69, 9.17) is 14.9 Å². The molecule has 34 heavy (non-hydrogen) atoms. The van der Waals surface area contributed by atoms with E-state index in [1.54, 1.807) is 0 Å². The lowest BCUT2D eigenvalue weighted by atomic mass is 10.1. The molecule has 3 atom stereocenters. The number of aliphatic hydroxyl groups excluding tert-OH is 3. The van der Waals surface area contributed by atoms with Crippen molar-refractivity contribution >= 4 is 13.8 Å². The number of ether oxygens (including phenoxy) is 1. The molecule has 10 heteroatoms. The SMILES string of the molecule is CCCCCCCC/C=C\CCCCCCCC(=O)O[C@H](CO)COP(=O)(O)OCC(O)CO. The highest BCUT2D eigenvalue weighted by Gasteiger charge is 2.25. The molecule has 0 saturated carbocycles. The van der Waals surface area contributed by atoms with Gasteiger partial charge in [0.25, 0.3) is 0 Å². The van der Waals surface area contributed by atoms with Gasteiger partial charge in [0.15, 0.2) is 0 Å². The molecule has 0 saturated heterocycles. The molecule has 4 N–H and O–H groups in total. The van der Waals surface area contributed by atoms with Gasteiger partial charge in [0.2, 0.25) is 0 Å². The van der Waals surface area contributed by atoms with Gasteiger partial charge < -0.3 is 24.9 Å². The maximum atomic E-state index is 11.9. The largest absolute Gasteiger partial charge is 0.472 e. The maximum absolute atomic E-state index is 11.9. The summed E-state index contributed by atoms with van der Waals surface area (Å²) >= 11 is 0. The maximum Gasteiger partial charge on any atom is 0.472 e. The van der Waals surface area contributed by atoms with Crippen molar-refractivity contribution in [3.05, 3.63) is 12.2 Å². The minimum atomic E-state index is -4.50. The average Bonchev–Trinajstić information content (AvgIpc) is 2.82. The molecule has 0 aliphatic rings. The smallest absolute Gasteiger partial charge is 0.457 e. The van der Waals surface area contributed by atoms with Crippen LogP contribution in [0.2, 0.25) is 0 Å². The number of carbonyl (C=O) groups excluding carboxylic acids is 1. The van der Waals surface area contributed by atoms with Crippen molar-refractivity contribution < 1.29 is 43.4 Å². The molecule has 0 aromatic rings. The number of esters is 1. The fraction of sp³-hybridized carbons (Fsp3) is 0.875. The molecular formula is C24H47O9P. The number of hydrogen-bond acceptors (Lipinski definition) is 8. The second-order valence-electron chi connectivity index (χ2n) is 8.53. The molecule has 0 rings (SSSR count). The normalized spacial score (nSPS) is 15.3. The van der Waals surface area contributed by atoms with Crippen molar-refractivity contribution in [2.45, 2.75) is 109 Å². The standard InChI is InChI=1S/C24H47O9P/c1-2-3-4-5-6-7-8-9-10-11-12-13-14-15-16-17-24(28)33-23(19-26)21-32-34(29,30)31-20-22(27)18-25/h9-10,22-23,25-27H,2-8,11-21H2,1H3,(H,29,30)/b10-9-/t22?,23-/m1/s1. The Morgan fingerprint density at radius 3 is 1.91 bits per heavy atom. The van der Waals surface area contributed by atoms with Gasteiger partial charge in [-0.3, -0.25) is 13.8 Å². The van der Waals surface area contributed by atoms with Crippen LogP contribution in [0.15, 0.2) is 12.2 Å². The molecule has 202 valence electrons. The lowest BCUT2D eigenvalue weighted by Crippen LogP contribution is -2.27. The van der Waals surface area contributed by atoms with Crippen molar-refractivity contribution in [3.8, 4) is 0 Å². The van der Waals surface area contributed by atoms with Crippen LogP contribution in [0.5, 0.6) is 0 Å². The summed E-state index contributed by atoms with van der Waals surface area (Å²) in [6, 6.07) is 0. The summed E-state index contributed by atoms with van der Waals surface area (Å²) in [5.74, 6) is -0.510. The van der Waals surface area contributed by atoms with Crippen molar-refractivity contribution in [1.29, 1.82) is 0 Å². The molecule has 0 amide bonds. The van der Waals surface area contributed by atoms with Crippen LogP contribution in [-0.4, -0.2) is 64.8 Å². The van der Waals surface area contributed by atoms with Gasteiger partial charge in [-0.2, -0.15) is 0 Å². The summed E-state index contributed by atoms with van der Waals surface area (Å²) in [6.45, 7) is -0.0936. The van der Waals surface area contributed by atoms with E-state index in [9.17, 15) is 19.4 Å². The van der Waals surface area contributed by atoms with Gasteiger partial charge in [0.1, 0.15) is 12.2 Å². The number of rotatable bonds is 24. The Morgan fingerprint density at radius 1 is 0.824 bits per heavy atom. The number of allylic oxidation sites excluding steroid dienone is 2. The molecule has 0 heterocycles. The zero-order valence-electron chi connectivity index (χ0n) is 20.8. The summed E-state index contributed by atoms with van der Waals surface area (Å²) in [5.41, 5.74) is 0. The fourth-order valence-corrected chi connectivity index (χ4v) is 3.95. The van der Waals surface area contributed by atoms with Gasteiger partial charge >= 0.3 is 13.8 Å². The van der Waals surface area contributed by atoms with Gasteiger partial charge in [-0.25, -0.2) is 4.57 Å². The minimum absolute atomic E-state index is 0.199. The zero-order valence-corrected chi connectivity index (χ0v) is 21.7.